The van der Waals surface area contributed by atoms with Crippen molar-refractivity contribution in [3.05, 3.63) is 0 Å². The molecule has 1 N–H and O–H groups in total. The second-order valence-corrected chi connectivity index (χ2v) is 6.29. The van der Waals surface area contributed by atoms with E-state index in [4.69, 9.17) is 0 Å². The highest BCUT2D eigenvalue weighted by atomic mass is 16.2. The highest BCUT2D eigenvalue weighted by molar-refractivity contribution is 5.84. The fraction of sp³-hybridized carbons (Fsp3) is 0.857. The molecule has 2 fully saturated rings. The van der Waals surface area contributed by atoms with E-state index in [0.717, 1.165) is 25.9 Å². The molecule has 0 aromatic rings. The van der Waals surface area contributed by atoms with Gasteiger partial charge >= 0.3 is 6.03 Å². The lowest BCUT2D eigenvalue weighted by atomic mass is 9.89. The van der Waals surface area contributed by atoms with E-state index in [9.17, 15) is 9.59 Å². The summed E-state index contributed by atoms with van der Waals surface area (Å²) in [5.41, 5.74) is -0.425. The summed E-state index contributed by atoms with van der Waals surface area (Å²) in [5, 5.41) is 2.70. The fourth-order valence-corrected chi connectivity index (χ4v) is 3.17. The fourth-order valence-electron chi connectivity index (χ4n) is 3.17. The van der Waals surface area contributed by atoms with Crippen LogP contribution in [0.15, 0.2) is 0 Å². The summed E-state index contributed by atoms with van der Waals surface area (Å²) in [4.78, 5) is 28.1. The van der Waals surface area contributed by atoms with E-state index in [1.807, 2.05) is 16.7 Å². The molecular formula is C14H25N3O2. The lowest BCUT2D eigenvalue weighted by Crippen LogP contribution is -2.48. The van der Waals surface area contributed by atoms with Crippen molar-refractivity contribution in [3.63, 3.8) is 0 Å². The minimum absolute atomic E-state index is 0.0369. The lowest BCUT2D eigenvalue weighted by molar-refractivity contribution is -0.128. The quantitative estimate of drug-likeness (QED) is 0.778. The van der Waals surface area contributed by atoms with Crippen molar-refractivity contribution in [1.29, 1.82) is 0 Å². The number of carbonyl (C=O) groups excluding carboxylic acids is 2. The van der Waals surface area contributed by atoms with Crippen LogP contribution in [0.2, 0.25) is 0 Å². The maximum absolute atomic E-state index is 12.5. The zero-order chi connectivity index (χ0) is 14.0. The summed E-state index contributed by atoms with van der Waals surface area (Å²) in [7, 11) is 1.66. The molecule has 0 aliphatic carbocycles. The maximum atomic E-state index is 12.5. The van der Waals surface area contributed by atoms with Gasteiger partial charge in [-0.2, -0.15) is 0 Å². The van der Waals surface area contributed by atoms with Gasteiger partial charge in [0.1, 0.15) is 0 Å². The van der Waals surface area contributed by atoms with Gasteiger partial charge in [-0.25, -0.2) is 4.79 Å². The van der Waals surface area contributed by atoms with Gasteiger partial charge in [0, 0.05) is 33.2 Å². The molecule has 0 spiro atoms. The average Bonchev–Trinajstić information content (AvgIpc) is 2.81. The third-order valence-electron chi connectivity index (χ3n) is 4.45. The first-order valence-electron chi connectivity index (χ1n) is 7.22. The molecule has 2 heterocycles. The van der Waals surface area contributed by atoms with Gasteiger partial charge in [-0.3, -0.25) is 4.79 Å². The Balaban J connectivity index is 1.96. The van der Waals surface area contributed by atoms with Crippen LogP contribution in [-0.4, -0.2) is 55.0 Å². The van der Waals surface area contributed by atoms with Crippen LogP contribution in [0.25, 0.3) is 0 Å². The molecule has 108 valence electrons. The number of likely N-dealkylation sites (tertiary alicyclic amines) is 2. The molecule has 0 aromatic heterocycles. The van der Waals surface area contributed by atoms with Crippen LogP contribution in [0.4, 0.5) is 4.79 Å². The van der Waals surface area contributed by atoms with Crippen LogP contribution in [0.5, 0.6) is 0 Å². The van der Waals surface area contributed by atoms with E-state index in [-0.39, 0.29) is 11.9 Å². The number of nitrogens with zero attached hydrogens (tertiary/aromatic N) is 2. The first-order valence-corrected chi connectivity index (χ1v) is 7.22. The summed E-state index contributed by atoms with van der Waals surface area (Å²) in [6.07, 6.45) is 3.05. The molecule has 2 aliphatic heterocycles. The molecule has 2 aliphatic rings. The molecule has 0 radical (unpaired) electrons. The Hall–Kier alpha value is -1.26. The summed E-state index contributed by atoms with van der Waals surface area (Å²) in [6.45, 7) is 7.07. The second kappa shape index (κ2) is 5.39. The van der Waals surface area contributed by atoms with Gasteiger partial charge in [0.05, 0.1) is 5.41 Å². The number of hydrogen-bond acceptors (Lipinski definition) is 2. The van der Waals surface area contributed by atoms with Gasteiger partial charge in [0.15, 0.2) is 0 Å². The topological polar surface area (TPSA) is 52.7 Å². The predicted molar refractivity (Wildman–Crippen MR) is 73.7 cm³/mol. The minimum atomic E-state index is -0.425. The first-order chi connectivity index (χ1) is 8.96. The summed E-state index contributed by atoms with van der Waals surface area (Å²) in [5.74, 6) is 0.625. The number of rotatable bonds is 1. The van der Waals surface area contributed by atoms with E-state index in [1.54, 1.807) is 7.05 Å². The van der Waals surface area contributed by atoms with Crippen LogP contribution in [-0.2, 0) is 4.79 Å². The van der Waals surface area contributed by atoms with Crippen LogP contribution in [0.3, 0.4) is 0 Å². The molecule has 0 saturated carbocycles. The molecular weight excluding hydrogens is 242 g/mol. The number of carbonyl (C=O) groups is 2. The highest BCUT2D eigenvalue weighted by Crippen LogP contribution is 2.31. The number of nitrogens with one attached hydrogen (secondary N) is 1. The van der Waals surface area contributed by atoms with Gasteiger partial charge < -0.3 is 15.1 Å². The molecule has 2 saturated heterocycles. The van der Waals surface area contributed by atoms with Crippen molar-refractivity contribution in [2.24, 2.45) is 11.3 Å². The van der Waals surface area contributed by atoms with E-state index >= 15 is 0 Å². The third kappa shape index (κ3) is 2.85. The van der Waals surface area contributed by atoms with E-state index < -0.39 is 5.41 Å². The average molecular weight is 267 g/mol. The second-order valence-electron chi connectivity index (χ2n) is 6.29. The zero-order valence-electron chi connectivity index (χ0n) is 12.2. The standard InChI is InChI=1S/C14H25N3O2/c1-11-5-4-7-16(9-11)13(19)17-8-6-14(2,10-17)12(18)15-3/h11H,4-10H2,1-3H3,(H,15,18). The van der Waals surface area contributed by atoms with Crippen molar-refractivity contribution in [2.45, 2.75) is 33.1 Å². The maximum Gasteiger partial charge on any atom is 0.320 e. The van der Waals surface area contributed by atoms with Crippen molar-refractivity contribution in [3.8, 4) is 0 Å². The molecule has 5 heteroatoms. The number of hydrogen-bond donors (Lipinski definition) is 1. The Kier molecular flexibility index (Phi) is 4.02. The molecule has 2 unspecified atom stereocenters. The third-order valence-corrected chi connectivity index (χ3v) is 4.45. The molecule has 0 aromatic carbocycles. The minimum Gasteiger partial charge on any atom is -0.359 e. The SMILES string of the molecule is CNC(=O)C1(C)CCN(C(=O)N2CCCC(C)C2)C1. The Bertz CT molecular complexity index is 372. The lowest BCUT2D eigenvalue weighted by Gasteiger charge is -2.34. The van der Waals surface area contributed by atoms with Crippen LogP contribution >= 0.6 is 0 Å². The Morgan fingerprint density at radius 2 is 2.00 bits per heavy atom. The summed E-state index contributed by atoms with van der Waals surface area (Å²) < 4.78 is 0. The van der Waals surface area contributed by atoms with E-state index in [1.165, 1.54) is 6.42 Å². The van der Waals surface area contributed by atoms with Gasteiger partial charge in [-0.1, -0.05) is 6.92 Å². The monoisotopic (exact) mass is 267 g/mol. The Labute approximate surface area is 115 Å². The predicted octanol–water partition coefficient (Wildman–Crippen LogP) is 1.30. The Morgan fingerprint density at radius 3 is 2.63 bits per heavy atom. The van der Waals surface area contributed by atoms with Crippen LogP contribution in [0.1, 0.15) is 33.1 Å². The van der Waals surface area contributed by atoms with Crippen LogP contribution in [0, 0.1) is 11.3 Å². The van der Waals surface area contributed by atoms with Crippen LogP contribution < -0.4 is 5.32 Å². The van der Waals surface area contributed by atoms with Crippen molar-refractivity contribution in [2.75, 3.05) is 33.2 Å². The van der Waals surface area contributed by atoms with Gasteiger partial charge in [-0.05, 0) is 32.1 Å². The normalized spacial score (nSPS) is 31.4. The number of urea groups is 1. The zero-order valence-corrected chi connectivity index (χ0v) is 12.2. The highest BCUT2D eigenvalue weighted by Gasteiger charge is 2.42. The van der Waals surface area contributed by atoms with Crippen molar-refractivity contribution >= 4 is 11.9 Å². The molecule has 3 amide bonds. The number of piperidine rings is 1. The van der Waals surface area contributed by atoms with Crippen molar-refractivity contribution < 1.29 is 9.59 Å². The summed E-state index contributed by atoms with van der Waals surface area (Å²) in [6, 6.07) is 0.110. The number of amides is 3. The smallest absolute Gasteiger partial charge is 0.320 e. The van der Waals surface area contributed by atoms with Gasteiger partial charge in [0.2, 0.25) is 5.91 Å². The van der Waals surface area contributed by atoms with Crippen molar-refractivity contribution in [1.82, 2.24) is 15.1 Å². The molecule has 5 nitrogen and oxygen atoms in total. The molecule has 2 atom stereocenters. The van der Waals surface area contributed by atoms with E-state index in [0.29, 0.717) is 19.0 Å². The largest absolute Gasteiger partial charge is 0.359 e. The van der Waals surface area contributed by atoms with E-state index in [2.05, 4.69) is 12.2 Å². The molecule has 19 heavy (non-hydrogen) atoms. The summed E-state index contributed by atoms with van der Waals surface area (Å²) >= 11 is 0. The Morgan fingerprint density at radius 1 is 1.26 bits per heavy atom. The molecule has 2 rings (SSSR count). The first kappa shape index (κ1) is 14.2. The van der Waals surface area contributed by atoms with Gasteiger partial charge in [-0.15, -0.1) is 0 Å². The molecule has 0 bridgehead atoms. The van der Waals surface area contributed by atoms with Gasteiger partial charge in [0.25, 0.3) is 0 Å².